The van der Waals surface area contributed by atoms with E-state index in [1.165, 1.54) is 10.4 Å². The molecule has 9 nitrogen and oxygen atoms in total. The predicted molar refractivity (Wildman–Crippen MR) is 134 cm³/mol. The quantitative estimate of drug-likeness (QED) is 0.313. The minimum absolute atomic E-state index is 0.0595. The second-order valence-corrected chi connectivity index (χ2v) is 13.2. The highest BCUT2D eigenvalue weighted by atomic mass is 32.2. The number of nitrogens with one attached hydrogen (secondary N) is 2. The Kier molecular flexibility index (Phi) is 10.1. The molecule has 1 saturated heterocycles. The summed E-state index contributed by atoms with van der Waals surface area (Å²) in [4.78, 5) is 8.15. The second kappa shape index (κ2) is 13.0. The number of aromatic nitrogens is 2. The third-order valence-electron chi connectivity index (χ3n) is 5.82. The Morgan fingerprint density at radius 1 is 1.28 bits per heavy atom. The number of nitriles is 1. The van der Waals surface area contributed by atoms with Gasteiger partial charge in [0.15, 0.2) is 5.75 Å². The lowest BCUT2D eigenvalue weighted by Gasteiger charge is -2.31. The van der Waals surface area contributed by atoms with Crippen LogP contribution in [0.1, 0.15) is 37.3 Å². The van der Waals surface area contributed by atoms with Gasteiger partial charge in [-0.25, -0.2) is 18.4 Å². The molecule has 0 saturated carbocycles. The van der Waals surface area contributed by atoms with Crippen molar-refractivity contribution in [1.82, 2.24) is 19.6 Å². The lowest BCUT2D eigenvalue weighted by molar-refractivity contribution is -0.0503. The Bertz CT molecular complexity index is 1140. The molecule has 0 spiro atoms. The number of halogens is 2. The summed E-state index contributed by atoms with van der Waals surface area (Å²) in [5.41, 5.74) is 1.29. The number of piperidine rings is 1. The molecular formula is C23H31F2N6O3SSi. The van der Waals surface area contributed by atoms with Crippen LogP contribution in [0.15, 0.2) is 35.5 Å². The van der Waals surface area contributed by atoms with Crippen molar-refractivity contribution in [2.45, 2.75) is 56.3 Å². The van der Waals surface area contributed by atoms with Crippen LogP contribution in [0.25, 0.3) is 0 Å². The van der Waals surface area contributed by atoms with Gasteiger partial charge in [0, 0.05) is 19.1 Å². The van der Waals surface area contributed by atoms with Crippen LogP contribution in [0.4, 0.5) is 14.7 Å². The fraction of sp³-hybridized carbons (Fsp3) is 0.522. The van der Waals surface area contributed by atoms with Crippen molar-refractivity contribution in [3.05, 3.63) is 41.7 Å². The topological polar surface area (TPSA) is 120 Å². The van der Waals surface area contributed by atoms with Crippen LogP contribution in [0.2, 0.25) is 6.55 Å². The number of anilines is 1. The van der Waals surface area contributed by atoms with Gasteiger partial charge in [-0.1, -0.05) is 13.5 Å². The van der Waals surface area contributed by atoms with Crippen LogP contribution < -0.4 is 15.4 Å². The molecule has 1 fully saturated rings. The molecule has 0 bridgehead atoms. The highest BCUT2D eigenvalue weighted by molar-refractivity contribution is 7.89. The van der Waals surface area contributed by atoms with Crippen LogP contribution in [-0.2, 0) is 16.1 Å². The molecule has 1 radical (unpaired) electrons. The van der Waals surface area contributed by atoms with E-state index in [1.807, 2.05) is 0 Å². The molecule has 13 heteroatoms. The van der Waals surface area contributed by atoms with Crippen LogP contribution in [0, 0.1) is 11.3 Å². The zero-order valence-corrected chi connectivity index (χ0v) is 22.2. The Morgan fingerprint density at radius 3 is 2.58 bits per heavy atom. The molecule has 3 rings (SSSR count). The van der Waals surface area contributed by atoms with Crippen molar-refractivity contribution >= 4 is 24.8 Å². The average molecular weight is 538 g/mol. The van der Waals surface area contributed by atoms with Gasteiger partial charge >= 0.3 is 6.61 Å². The van der Waals surface area contributed by atoms with Crippen LogP contribution in [-0.4, -0.2) is 69.9 Å². The largest absolute Gasteiger partial charge is 0.432 e. The van der Waals surface area contributed by atoms with E-state index in [0.717, 1.165) is 37.1 Å². The highest BCUT2D eigenvalue weighted by Gasteiger charge is 2.30. The predicted octanol–water partition coefficient (Wildman–Crippen LogP) is 2.96. The first-order valence-electron chi connectivity index (χ1n) is 11.8. The van der Waals surface area contributed by atoms with E-state index in [4.69, 9.17) is 0 Å². The van der Waals surface area contributed by atoms with E-state index in [0.29, 0.717) is 37.5 Å². The van der Waals surface area contributed by atoms with Gasteiger partial charge in [-0.15, -0.1) is 0 Å². The SMILES string of the molecule is CCCNC[Si](C)Cc1cc(S(=O)(=O)N2CCC(Nc3ncc(OC(F)F)cn3)CC2)ccc1C#N. The minimum Gasteiger partial charge on any atom is -0.432 e. The van der Waals surface area contributed by atoms with Crippen molar-refractivity contribution in [1.29, 1.82) is 5.26 Å². The van der Waals surface area contributed by atoms with Crippen molar-refractivity contribution in [2.24, 2.45) is 0 Å². The van der Waals surface area contributed by atoms with E-state index >= 15 is 0 Å². The maximum absolute atomic E-state index is 13.3. The average Bonchev–Trinajstić information content (AvgIpc) is 2.85. The van der Waals surface area contributed by atoms with Crippen molar-refractivity contribution < 1.29 is 21.9 Å². The molecule has 1 aliphatic rings. The fourth-order valence-electron chi connectivity index (χ4n) is 3.98. The number of alkyl halides is 2. The summed E-state index contributed by atoms with van der Waals surface area (Å²) in [5, 5.41) is 16.0. The van der Waals surface area contributed by atoms with Crippen molar-refractivity contribution in [2.75, 3.05) is 31.1 Å². The van der Waals surface area contributed by atoms with Crippen molar-refractivity contribution in [3.63, 3.8) is 0 Å². The molecule has 195 valence electrons. The number of ether oxygens (including phenoxy) is 1. The van der Waals surface area contributed by atoms with E-state index in [-0.39, 0.29) is 22.6 Å². The van der Waals surface area contributed by atoms with Gasteiger partial charge in [-0.3, -0.25) is 0 Å². The van der Waals surface area contributed by atoms with Gasteiger partial charge in [-0.2, -0.15) is 18.3 Å². The summed E-state index contributed by atoms with van der Waals surface area (Å²) in [7, 11) is -4.52. The summed E-state index contributed by atoms with van der Waals surface area (Å²) >= 11 is 0. The molecule has 0 unspecified atom stereocenters. The summed E-state index contributed by atoms with van der Waals surface area (Å²) in [6.45, 7) is 2.90. The minimum atomic E-state index is -3.71. The highest BCUT2D eigenvalue weighted by Crippen LogP contribution is 2.25. The molecule has 0 amide bonds. The number of rotatable bonds is 12. The number of hydrogen-bond acceptors (Lipinski definition) is 8. The maximum atomic E-state index is 13.3. The second-order valence-electron chi connectivity index (χ2n) is 8.68. The molecule has 2 aromatic rings. The normalized spacial score (nSPS) is 15.2. The van der Waals surface area contributed by atoms with Crippen LogP contribution in [0.3, 0.4) is 0 Å². The lowest BCUT2D eigenvalue weighted by Crippen LogP contribution is -2.42. The molecule has 2 N–H and O–H groups in total. The Balaban J connectivity index is 1.61. The number of hydrogen-bond donors (Lipinski definition) is 2. The van der Waals surface area contributed by atoms with Gasteiger partial charge in [0.25, 0.3) is 0 Å². The van der Waals surface area contributed by atoms with Crippen LogP contribution in [0.5, 0.6) is 5.75 Å². The summed E-state index contributed by atoms with van der Waals surface area (Å²) in [6.07, 6.45) is 5.33. The third kappa shape index (κ3) is 7.67. The summed E-state index contributed by atoms with van der Waals surface area (Å²) < 4.78 is 56.9. The monoisotopic (exact) mass is 537 g/mol. The molecule has 0 aliphatic carbocycles. The fourth-order valence-corrected chi connectivity index (χ4v) is 7.17. The van der Waals surface area contributed by atoms with Gasteiger partial charge in [0.05, 0.1) is 37.7 Å². The first-order valence-corrected chi connectivity index (χ1v) is 15.7. The van der Waals surface area contributed by atoms with Crippen molar-refractivity contribution in [3.8, 4) is 11.8 Å². The first-order chi connectivity index (χ1) is 17.2. The number of sulfonamides is 1. The zero-order valence-electron chi connectivity index (χ0n) is 20.4. The number of benzene rings is 1. The summed E-state index contributed by atoms with van der Waals surface area (Å²) in [6, 6.07) is 7.61. The van der Waals surface area contributed by atoms with E-state index in [1.54, 1.807) is 12.1 Å². The van der Waals surface area contributed by atoms with Gasteiger partial charge in [0.2, 0.25) is 16.0 Å². The Morgan fingerprint density at radius 2 is 1.97 bits per heavy atom. The van der Waals surface area contributed by atoms with E-state index in [9.17, 15) is 22.5 Å². The van der Waals surface area contributed by atoms with E-state index in [2.05, 4.69) is 44.9 Å². The molecule has 0 atom stereocenters. The van der Waals surface area contributed by atoms with Gasteiger partial charge in [0.1, 0.15) is 0 Å². The molecule has 1 aromatic carbocycles. The zero-order chi connectivity index (χ0) is 26.1. The van der Waals surface area contributed by atoms with E-state index < -0.39 is 25.4 Å². The molecular weight excluding hydrogens is 506 g/mol. The standard InChI is InChI=1S/C23H31F2N6O3SSi/c1-3-8-27-16-36(2)15-18-11-21(5-4-17(18)12-26)35(32,33)31-9-6-19(7-10-31)30-23-28-13-20(14-29-23)34-22(24)25/h4-5,11,13-14,19,22,27H,3,6-10,15-16H2,1-2H3,(H,28,29,30). The molecule has 36 heavy (non-hydrogen) atoms. The Labute approximate surface area is 212 Å². The van der Waals surface area contributed by atoms with Gasteiger partial charge < -0.3 is 15.4 Å². The molecule has 1 aliphatic heterocycles. The Hall–Kier alpha value is -2.66. The van der Waals surface area contributed by atoms with Gasteiger partial charge in [-0.05, 0) is 61.8 Å². The smallest absolute Gasteiger partial charge is 0.387 e. The number of nitrogens with zero attached hydrogens (tertiary/aromatic N) is 4. The molecule has 1 aromatic heterocycles. The maximum Gasteiger partial charge on any atom is 0.387 e. The summed E-state index contributed by atoms with van der Waals surface area (Å²) in [5.74, 6) is 0.132. The first kappa shape index (κ1) is 27.9. The third-order valence-corrected chi connectivity index (χ3v) is 9.55. The van der Waals surface area contributed by atoms with Crippen LogP contribution >= 0.6 is 0 Å². The molecule has 2 heterocycles. The lowest BCUT2D eigenvalue weighted by atomic mass is 10.1.